The van der Waals surface area contributed by atoms with Crippen molar-refractivity contribution in [2.75, 3.05) is 16.5 Å². The van der Waals surface area contributed by atoms with Gasteiger partial charge in [0.25, 0.3) is 0 Å². The Balaban J connectivity index is -0.000000195. The van der Waals surface area contributed by atoms with E-state index in [9.17, 15) is 0 Å². The molecule has 0 spiro atoms. The zero-order chi connectivity index (χ0) is 16.7. The molecule has 3 rings (SSSR count). The number of nitrogens with zero attached hydrogens (tertiary/aromatic N) is 2. The third-order valence-electron chi connectivity index (χ3n) is 4.58. The van der Waals surface area contributed by atoms with Gasteiger partial charge in [0.05, 0.1) is 6.67 Å². The summed E-state index contributed by atoms with van der Waals surface area (Å²) in [6.07, 6.45) is 4.40. The topological polar surface area (TPSA) is 6.48 Å². The number of rotatable bonds is 2. The maximum absolute atomic E-state index is 2.35. The zero-order valence-electron chi connectivity index (χ0n) is 18.1. The average Bonchev–Trinajstić information content (AvgIpc) is 2.85. The first-order valence-corrected chi connectivity index (χ1v) is 8.24. The fraction of sp³-hybridized carbons (Fsp3) is 0.333. The minimum Gasteiger partial charge on any atom is -1.00 e. The van der Waals surface area contributed by atoms with Crippen molar-refractivity contribution in [1.29, 1.82) is 0 Å². The summed E-state index contributed by atoms with van der Waals surface area (Å²) in [7, 11) is 0. The van der Waals surface area contributed by atoms with E-state index in [1.54, 1.807) is 0 Å². The normalized spacial score (nSPS) is 10.4. The van der Waals surface area contributed by atoms with E-state index in [2.05, 4.69) is 88.0 Å². The molecule has 0 saturated carbocycles. The molecule has 0 amide bonds. The summed E-state index contributed by atoms with van der Waals surface area (Å²) in [5.41, 5.74) is 10.7. The second kappa shape index (κ2) is 17.5. The Labute approximate surface area is 213 Å². The standard InChI is InChI=1S/C21H26N2.Au.6FH.Sb/c1-14-9-16(3)20(17(4)10-14)22-7-8-23(13-22)21-18(5)11-15(2)12-19(21)6;;;;;;;;/h7-12H,13H2,1-6H3;;6*1H;/q;+1;;;;;;;+5/p-6. The van der Waals surface area contributed by atoms with Crippen LogP contribution in [0.3, 0.4) is 0 Å². The smallest absolute Gasteiger partial charge is 1.00 e. The first kappa shape index (κ1) is 43.7. The minimum absolute atomic E-state index is 0. The molecule has 1 aliphatic rings. The van der Waals surface area contributed by atoms with Crippen molar-refractivity contribution >= 4 is 35.8 Å². The zero-order valence-corrected chi connectivity index (χ0v) is 22.8. The molecule has 2 nitrogen and oxygen atoms in total. The van der Waals surface area contributed by atoms with E-state index < -0.39 is 0 Å². The van der Waals surface area contributed by atoms with Crippen LogP contribution in [0.25, 0.3) is 0 Å². The molecular weight excluding hydrogens is 713 g/mol. The van der Waals surface area contributed by atoms with Gasteiger partial charge < -0.3 is 38.0 Å². The summed E-state index contributed by atoms with van der Waals surface area (Å²) in [5.74, 6) is 0. The Morgan fingerprint density at radius 3 is 0.968 bits per heavy atom. The van der Waals surface area contributed by atoms with E-state index in [0.717, 1.165) is 6.67 Å². The summed E-state index contributed by atoms with van der Waals surface area (Å²) in [4.78, 5) is 4.70. The van der Waals surface area contributed by atoms with E-state index in [1.165, 1.54) is 44.8 Å². The van der Waals surface area contributed by atoms with E-state index in [0.29, 0.717) is 0 Å². The molecule has 0 atom stereocenters. The van der Waals surface area contributed by atoms with Crippen LogP contribution in [0.2, 0.25) is 0 Å². The Bertz CT molecular complexity index is 709. The van der Waals surface area contributed by atoms with E-state index in [4.69, 9.17) is 0 Å². The molecule has 0 aliphatic carbocycles. The molecule has 0 fully saturated rings. The summed E-state index contributed by atoms with van der Waals surface area (Å²) in [5, 5.41) is 0. The van der Waals surface area contributed by atoms with Crippen molar-refractivity contribution in [1.82, 2.24) is 0 Å². The Hall–Kier alpha value is -1.08. The van der Waals surface area contributed by atoms with Crippen LogP contribution < -0.4 is 38.0 Å². The van der Waals surface area contributed by atoms with Crippen molar-refractivity contribution in [2.24, 2.45) is 0 Å². The van der Waals surface area contributed by atoms with Crippen molar-refractivity contribution < 1.29 is 50.6 Å². The third-order valence-corrected chi connectivity index (χ3v) is 4.58. The molecule has 1 heterocycles. The molecule has 0 saturated heterocycles. The van der Waals surface area contributed by atoms with Gasteiger partial charge in [-0.1, -0.05) is 35.4 Å². The molecule has 2 aromatic carbocycles. The number of halogens is 6. The van der Waals surface area contributed by atoms with Gasteiger partial charge >= 0.3 is 46.8 Å². The monoisotopic (exact) mass is 738 g/mol. The molecule has 178 valence electrons. The second-order valence-corrected chi connectivity index (χ2v) is 6.87. The fourth-order valence-corrected chi connectivity index (χ4v) is 3.96. The van der Waals surface area contributed by atoms with Gasteiger partial charge in [0.15, 0.2) is 0 Å². The van der Waals surface area contributed by atoms with Gasteiger partial charge in [0, 0.05) is 23.8 Å². The Morgan fingerprint density at radius 1 is 0.516 bits per heavy atom. The molecule has 10 heteroatoms. The molecular formula is C21H26AuF6N2Sb. The minimum atomic E-state index is 0. The van der Waals surface area contributed by atoms with E-state index >= 15 is 0 Å². The molecule has 0 unspecified atom stereocenters. The molecule has 0 aromatic heterocycles. The van der Waals surface area contributed by atoms with Gasteiger partial charge in [-0.25, -0.2) is 0 Å². The summed E-state index contributed by atoms with van der Waals surface area (Å²) in [6.45, 7) is 14.0. The SMILES string of the molecule is Cc1cc(C)c(N2C=CN(c3c(C)cc(C)cc3C)C2)c(C)c1.[Au+].[F-].[F-].[F-].[F-].[F-].[F-].[Sb+5]. The van der Waals surface area contributed by atoms with Crippen molar-refractivity contribution in [3.8, 4) is 0 Å². The average molecular weight is 739 g/mol. The van der Waals surface area contributed by atoms with Gasteiger partial charge in [-0.3, -0.25) is 0 Å². The van der Waals surface area contributed by atoms with Crippen LogP contribution in [0.1, 0.15) is 33.4 Å². The fourth-order valence-electron chi connectivity index (χ4n) is 3.96. The van der Waals surface area contributed by atoms with Gasteiger partial charge in [-0.2, -0.15) is 0 Å². The first-order chi connectivity index (χ1) is 10.9. The van der Waals surface area contributed by atoms with Crippen LogP contribution in [0.4, 0.5) is 11.4 Å². The summed E-state index contributed by atoms with van der Waals surface area (Å²) >= 11 is 0. The van der Waals surface area contributed by atoms with Crippen LogP contribution in [0, 0.1) is 41.5 Å². The number of benzene rings is 2. The molecule has 0 N–H and O–H groups in total. The Morgan fingerprint density at radius 2 is 0.742 bits per heavy atom. The molecule has 0 bridgehead atoms. The number of hydrogen-bond donors (Lipinski definition) is 0. The largest absolute Gasteiger partial charge is 5.00 e. The number of hydrogen-bond acceptors (Lipinski definition) is 2. The van der Waals surface area contributed by atoms with Crippen molar-refractivity contribution in [3.05, 3.63) is 70.0 Å². The predicted octanol–water partition coefficient (Wildman–Crippen LogP) is -13.1. The van der Waals surface area contributed by atoms with Crippen LogP contribution in [-0.4, -0.2) is 31.1 Å². The third kappa shape index (κ3) is 9.13. The van der Waals surface area contributed by atoms with Crippen LogP contribution in [0.5, 0.6) is 0 Å². The first-order valence-electron chi connectivity index (χ1n) is 8.24. The second-order valence-electron chi connectivity index (χ2n) is 6.87. The summed E-state index contributed by atoms with van der Waals surface area (Å²) < 4.78 is 0. The van der Waals surface area contributed by atoms with Gasteiger partial charge in [0.1, 0.15) is 0 Å². The molecule has 31 heavy (non-hydrogen) atoms. The Kier molecular flexibility index (Phi) is 24.6. The number of aryl methyl sites for hydroxylation is 6. The van der Waals surface area contributed by atoms with E-state index in [-0.39, 0.29) is 75.0 Å². The van der Waals surface area contributed by atoms with Crippen LogP contribution in [0.15, 0.2) is 36.7 Å². The predicted molar refractivity (Wildman–Crippen MR) is 106 cm³/mol. The molecule has 1 aliphatic heterocycles. The van der Waals surface area contributed by atoms with E-state index in [1.807, 2.05) is 0 Å². The maximum Gasteiger partial charge on any atom is 5.00 e. The number of anilines is 2. The van der Waals surface area contributed by atoms with Crippen molar-refractivity contribution in [2.45, 2.75) is 41.5 Å². The van der Waals surface area contributed by atoms with Gasteiger partial charge in [-0.15, -0.1) is 0 Å². The molecule has 0 radical (unpaired) electrons. The molecule has 2 aromatic rings. The van der Waals surface area contributed by atoms with Gasteiger partial charge in [0.2, 0.25) is 0 Å². The van der Waals surface area contributed by atoms with Crippen molar-refractivity contribution in [3.63, 3.8) is 0 Å². The maximum atomic E-state index is 2.35. The van der Waals surface area contributed by atoms with Crippen LogP contribution >= 0.6 is 0 Å². The summed E-state index contributed by atoms with van der Waals surface area (Å²) in [6, 6.07) is 9.06. The van der Waals surface area contributed by atoms with Crippen LogP contribution in [-0.2, 0) is 22.4 Å². The van der Waals surface area contributed by atoms with Gasteiger partial charge in [-0.05, 0) is 63.8 Å². The quantitative estimate of drug-likeness (QED) is 0.224.